The minimum Gasteiger partial charge on any atom is -0.443 e. The topological polar surface area (TPSA) is 67.2 Å². The molecular formula is C18H23N3O2. The number of carbonyl (C=O) groups excluding carboxylic acids is 1. The predicted molar refractivity (Wildman–Crippen MR) is 89.7 cm³/mol. The maximum atomic E-state index is 11.9. The first-order valence-corrected chi connectivity index (χ1v) is 7.98. The predicted octanol–water partition coefficient (Wildman–Crippen LogP) is 3.43. The average molecular weight is 313 g/mol. The number of fused-ring (bicyclic) bond motifs is 1. The molecule has 2 aromatic rings. The van der Waals surface area contributed by atoms with Gasteiger partial charge < -0.3 is 15.1 Å². The number of carbonyl (C=O) groups is 1. The number of hydrogen-bond donors (Lipinski definition) is 2. The van der Waals surface area contributed by atoms with E-state index in [-0.39, 0.29) is 17.4 Å². The van der Waals surface area contributed by atoms with Crippen molar-refractivity contribution in [3.8, 4) is 0 Å². The monoisotopic (exact) mass is 313 g/mol. The maximum absolute atomic E-state index is 11.9. The summed E-state index contributed by atoms with van der Waals surface area (Å²) in [5.74, 6) is 1.51. The van der Waals surface area contributed by atoms with Crippen molar-refractivity contribution in [2.24, 2.45) is 0 Å². The minimum absolute atomic E-state index is 0.00584. The first kappa shape index (κ1) is 15.6. The van der Waals surface area contributed by atoms with Gasteiger partial charge in [0, 0.05) is 23.2 Å². The van der Waals surface area contributed by atoms with Crippen LogP contribution in [-0.2, 0) is 11.8 Å². The van der Waals surface area contributed by atoms with Crippen molar-refractivity contribution in [1.29, 1.82) is 0 Å². The molecule has 1 aromatic heterocycles. The number of amides is 1. The molecule has 0 spiro atoms. The molecule has 3 rings (SSSR count). The van der Waals surface area contributed by atoms with Gasteiger partial charge in [-0.1, -0.05) is 26.8 Å². The lowest BCUT2D eigenvalue weighted by Crippen LogP contribution is -2.31. The number of anilines is 1. The van der Waals surface area contributed by atoms with Crippen molar-refractivity contribution in [3.63, 3.8) is 0 Å². The summed E-state index contributed by atoms with van der Waals surface area (Å²) in [6, 6.07) is 5.84. The fraction of sp³-hybridized carbons (Fsp3) is 0.444. The molecule has 122 valence electrons. The van der Waals surface area contributed by atoms with Gasteiger partial charge in [0.05, 0.1) is 6.20 Å². The third-order valence-corrected chi connectivity index (χ3v) is 4.05. The summed E-state index contributed by atoms with van der Waals surface area (Å²) in [6.07, 6.45) is 2.67. The Morgan fingerprint density at radius 2 is 2.13 bits per heavy atom. The molecule has 23 heavy (non-hydrogen) atoms. The molecule has 1 aliphatic heterocycles. The molecule has 5 nitrogen and oxygen atoms in total. The fourth-order valence-electron chi connectivity index (χ4n) is 2.65. The van der Waals surface area contributed by atoms with Crippen LogP contribution in [0, 0.1) is 0 Å². The number of oxazole rings is 1. The van der Waals surface area contributed by atoms with Gasteiger partial charge in [0.15, 0.2) is 0 Å². The molecule has 5 heteroatoms. The Labute approximate surface area is 136 Å². The van der Waals surface area contributed by atoms with E-state index in [1.54, 1.807) is 6.20 Å². The minimum atomic E-state index is -0.0733. The van der Waals surface area contributed by atoms with Crippen molar-refractivity contribution < 1.29 is 9.21 Å². The van der Waals surface area contributed by atoms with Gasteiger partial charge in [-0.15, -0.1) is 0 Å². The van der Waals surface area contributed by atoms with Crippen molar-refractivity contribution in [1.82, 2.24) is 10.3 Å². The third kappa shape index (κ3) is 3.23. The van der Waals surface area contributed by atoms with Crippen LogP contribution in [0.5, 0.6) is 0 Å². The standard InChI is InChI=1S/C18H23N3O2/c1-11(17-20-10-15(23-17)18(2,3)4)21-13-6-5-12-7-8-19-16(22)14(12)9-13/h5-6,9-11,21H,7-8H2,1-4H3,(H,19,22)/t11-/m1/s1. The van der Waals surface area contributed by atoms with E-state index in [1.165, 1.54) is 0 Å². The van der Waals surface area contributed by atoms with E-state index in [4.69, 9.17) is 4.42 Å². The molecule has 0 unspecified atom stereocenters. The number of nitrogens with zero attached hydrogens (tertiary/aromatic N) is 1. The van der Waals surface area contributed by atoms with E-state index < -0.39 is 0 Å². The first-order chi connectivity index (χ1) is 10.8. The summed E-state index contributed by atoms with van der Waals surface area (Å²) in [4.78, 5) is 16.3. The molecule has 0 saturated carbocycles. The summed E-state index contributed by atoms with van der Waals surface area (Å²) in [7, 11) is 0. The molecule has 0 bridgehead atoms. The van der Waals surface area contributed by atoms with Crippen LogP contribution >= 0.6 is 0 Å². The maximum Gasteiger partial charge on any atom is 0.251 e. The van der Waals surface area contributed by atoms with Crippen molar-refractivity contribution >= 4 is 11.6 Å². The average Bonchev–Trinajstić information content (AvgIpc) is 2.98. The molecule has 0 aliphatic carbocycles. The highest BCUT2D eigenvalue weighted by Gasteiger charge is 2.22. The van der Waals surface area contributed by atoms with Crippen LogP contribution < -0.4 is 10.6 Å². The van der Waals surface area contributed by atoms with Crippen molar-refractivity contribution in [2.45, 2.75) is 45.6 Å². The smallest absolute Gasteiger partial charge is 0.251 e. The second-order valence-corrected chi connectivity index (χ2v) is 7.06. The summed E-state index contributed by atoms with van der Waals surface area (Å²) in [5.41, 5.74) is 2.67. The normalized spacial score (nSPS) is 15.7. The molecular weight excluding hydrogens is 290 g/mol. The molecule has 1 aliphatic rings. The Balaban J connectivity index is 1.78. The lowest BCUT2D eigenvalue weighted by molar-refractivity contribution is 0.0946. The van der Waals surface area contributed by atoms with Crippen LogP contribution in [0.4, 0.5) is 5.69 Å². The number of rotatable bonds is 3. The van der Waals surface area contributed by atoms with Crippen LogP contribution in [0.1, 0.15) is 61.3 Å². The zero-order chi connectivity index (χ0) is 16.6. The number of benzene rings is 1. The molecule has 0 fully saturated rings. The first-order valence-electron chi connectivity index (χ1n) is 7.98. The van der Waals surface area contributed by atoms with Crippen LogP contribution in [0.3, 0.4) is 0 Å². The summed E-state index contributed by atoms with van der Waals surface area (Å²) >= 11 is 0. The molecule has 1 amide bonds. The lowest BCUT2D eigenvalue weighted by atomic mass is 9.94. The second-order valence-electron chi connectivity index (χ2n) is 7.06. The highest BCUT2D eigenvalue weighted by molar-refractivity contribution is 5.97. The van der Waals surface area contributed by atoms with Crippen LogP contribution in [0.2, 0.25) is 0 Å². The van der Waals surface area contributed by atoms with Crippen LogP contribution in [0.25, 0.3) is 0 Å². The summed E-state index contributed by atoms with van der Waals surface area (Å²) in [5, 5.41) is 6.23. The van der Waals surface area contributed by atoms with Gasteiger partial charge in [-0.2, -0.15) is 0 Å². The Morgan fingerprint density at radius 3 is 2.83 bits per heavy atom. The Kier molecular flexibility index (Phi) is 3.88. The quantitative estimate of drug-likeness (QED) is 0.911. The van der Waals surface area contributed by atoms with E-state index in [1.807, 2.05) is 25.1 Å². The number of hydrogen-bond acceptors (Lipinski definition) is 4. The van der Waals surface area contributed by atoms with E-state index in [0.717, 1.165) is 29.0 Å². The molecule has 1 aromatic carbocycles. The van der Waals surface area contributed by atoms with Gasteiger partial charge in [-0.3, -0.25) is 4.79 Å². The third-order valence-electron chi connectivity index (χ3n) is 4.05. The van der Waals surface area contributed by atoms with Gasteiger partial charge in [0.25, 0.3) is 5.91 Å². The van der Waals surface area contributed by atoms with Crippen molar-refractivity contribution in [2.75, 3.05) is 11.9 Å². The highest BCUT2D eigenvalue weighted by atomic mass is 16.4. The van der Waals surface area contributed by atoms with Gasteiger partial charge in [0.1, 0.15) is 11.8 Å². The largest absolute Gasteiger partial charge is 0.443 e. The fourth-order valence-corrected chi connectivity index (χ4v) is 2.65. The van der Waals surface area contributed by atoms with Gasteiger partial charge >= 0.3 is 0 Å². The zero-order valence-corrected chi connectivity index (χ0v) is 14.1. The van der Waals surface area contributed by atoms with E-state index >= 15 is 0 Å². The molecule has 1 atom stereocenters. The lowest BCUT2D eigenvalue weighted by Gasteiger charge is -2.19. The molecule has 2 N–H and O–H groups in total. The summed E-state index contributed by atoms with van der Waals surface area (Å²) in [6.45, 7) is 8.99. The van der Waals surface area contributed by atoms with E-state index in [2.05, 4.69) is 36.4 Å². The Bertz CT molecular complexity index is 728. The highest BCUT2D eigenvalue weighted by Crippen LogP contribution is 2.27. The number of aromatic nitrogens is 1. The van der Waals surface area contributed by atoms with Crippen LogP contribution in [-0.4, -0.2) is 17.4 Å². The van der Waals surface area contributed by atoms with E-state index in [9.17, 15) is 4.79 Å². The summed E-state index contributed by atoms with van der Waals surface area (Å²) < 4.78 is 5.86. The van der Waals surface area contributed by atoms with Crippen molar-refractivity contribution in [3.05, 3.63) is 47.2 Å². The molecule has 0 saturated heterocycles. The van der Waals surface area contributed by atoms with Gasteiger partial charge in [0.2, 0.25) is 5.89 Å². The number of nitrogens with one attached hydrogen (secondary N) is 2. The van der Waals surface area contributed by atoms with E-state index in [0.29, 0.717) is 12.4 Å². The van der Waals surface area contributed by atoms with Gasteiger partial charge in [-0.05, 0) is 31.0 Å². The Morgan fingerprint density at radius 1 is 1.35 bits per heavy atom. The van der Waals surface area contributed by atoms with Crippen LogP contribution in [0.15, 0.2) is 28.8 Å². The Hall–Kier alpha value is -2.30. The van der Waals surface area contributed by atoms with Gasteiger partial charge in [-0.25, -0.2) is 4.98 Å². The SMILES string of the molecule is C[C@@H](Nc1ccc2c(c1)C(=O)NCC2)c1ncc(C(C)(C)C)o1. The molecule has 2 heterocycles. The molecule has 0 radical (unpaired) electrons. The second kappa shape index (κ2) is 5.72. The zero-order valence-electron chi connectivity index (χ0n) is 14.1.